The summed E-state index contributed by atoms with van der Waals surface area (Å²) in [7, 11) is -2.19. The first-order chi connectivity index (χ1) is 8.77. The molecule has 18 heavy (non-hydrogen) atoms. The lowest BCUT2D eigenvalue weighted by molar-refractivity contribution is -0.142. The molecule has 5 heteroatoms. The van der Waals surface area contributed by atoms with Gasteiger partial charge in [0.2, 0.25) is 5.30 Å². The van der Waals surface area contributed by atoms with Crippen molar-refractivity contribution in [2.45, 2.75) is 0 Å². The molecule has 90 valence electrons. The van der Waals surface area contributed by atoms with Crippen LogP contribution in [0.15, 0.2) is 60.7 Å². The van der Waals surface area contributed by atoms with Crippen LogP contribution in [0.3, 0.4) is 0 Å². The second kappa shape index (κ2) is 6.05. The van der Waals surface area contributed by atoms with Crippen LogP contribution in [-0.2, 0) is 14.1 Å². The van der Waals surface area contributed by atoms with E-state index in [0.29, 0.717) is 10.9 Å². The SMILES string of the molecule is O=C(OO[P+](=O)c1ccccc1)c1ccccc1. The Morgan fingerprint density at radius 1 is 0.889 bits per heavy atom. The molecule has 0 fully saturated rings. The van der Waals surface area contributed by atoms with Gasteiger partial charge in [-0.2, -0.15) is 0 Å². The van der Waals surface area contributed by atoms with E-state index in [2.05, 4.69) is 9.56 Å². The number of carbonyl (C=O) groups excluding carboxylic acids is 1. The van der Waals surface area contributed by atoms with Crippen LogP contribution in [0.25, 0.3) is 0 Å². The molecule has 0 spiro atoms. The van der Waals surface area contributed by atoms with E-state index in [-0.39, 0.29) is 0 Å². The van der Waals surface area contributed by atoms with E-state index in [9.17, 15) is 9.36 Å². The minimum Gasteiger partial charge on any atom is -0.248 e. The Bertz CT molecular complexity index is 488. The molecule has 0 aliphatic heterocycles. The normalized spacial score (nSPS) is 10.8. The monoisotopic (exact) mass is 261 g/mol. The van der Waals surface area contributed by atoms with Crippen molar-refractivity contribution in [1.82, 2.24) is 0 Å². The average molecular weight is 261 g/mol. The van der Waals surface area contributed by atoms with Gasteiger partial charge in [0.1, 0.15) is 0 Å². The minimum absolute atomic E-state index is 0.342. The molecule has 0 radical (unpaired) electrons. The molecular formula is C13H10O4P+. The molecule has 0 amide bonds. The van der Waals surface area contributed by atoms with Gasteiger partial charge in [0, 0.05) is 0 Å². The molecule has 2 rings (SSSR count). The molecule has 1 atom stereocenters. The highest BCUT2D eigenvalue weighted by Crippen LogP contribution is 2.22. The minimum atomic E-state index is -2.19. The molecule has 0 aromatic heterocycles. The fourth-order valence-corrected chi connectivity index (χ4v) is 1.92. The van der Waals surface area contributed by atoms with Crippen molar-refractivity contribution < 1.29 is 18.9 Å². The van der Waals surface area contributed by atoms with E-state index in [1.54, 1.807) is 60.7 Å². The van der Waals surface area contributed by atoms with Gasteiger partial charge in [0.25, 0.3) is 0 Å². The van der Waals surface area contributed by atoms with Crippen molar-refractivity contribution >= 4 is 19.3 Å². The van der Waals surface area contributed by atoms with Crippen LogP contribution < -0.4 is 5.30 Å². The van der Waals surface area contributed by atoms with Gasteiger partial charge < -0.3 is 0 Å². The Morgan fingerprint density at radius 2 is 1.44 bits per heavy atom. The Labute approximate surface area is 105 Å². The van der Waals surface area contributed by atoms with Gasteiger partial charge in [-0.1, -0.05) is 36.4 Å². The molecule has 2 aromatic rings. The first-order valence-electron chi connectivity index (χ1n) is 5.24. The summed E-state index contributed by atoms with van der Waals surface area (Å²) in [5, 5.41) is 0.466. The Hall–Kier alpha value is -2.03. The van der Waals surface area contributed by atoms with E-state index in [4.69, 9.17) is 0 Å². The summed E-state index contributed by atoms with van der Waals surface area (Å²) in [6.45, 7) is 0. The third kappa shape index (κ3) is 3.23. The quantitative estimate of drug-likeness (QED) is 0.482. The number of hydrogen-bond donors (Lipinski definition) is 0. The van der Waals surface area contributed by atoms with E-state index in [1.807, 2.05) is 0 Å². The van der Waals surface area contributed by atoms with Crippen molar-refractivity contribution in [1.29, 1.82) is 0 Å². The first kappa shape index (κ1) is 12.4. The standard InChI is InChI=1S/C13H10O4P/c14-13(11-7-3-1-4-8-11)16-17-18(15)12-9-5-2-6-10-12/h1-10H/q+1. The Morgan fingerprint density at radius 3 is 2.06 bits per heavy atom. The second-order valence-corrected chi connectivity index (χ2v) is 4.58. The molecule has 0 bridgehead atoms. The lowest BCUT2D eigenvalue weighted by Crippen LogP contribution is -2.05. The highest BCUT2D eigenvalue weighted by Gasteiger charge is 2.26. The van der Waals surface area contributed by atoms with Gasteiger partial charge in [0.15, 0.2) is 0 Å². The predicted octanol–water partition coefficient (Wildman–Crippen LogP) is 2.84. The Kier molecular flexibility index (Phi) is 4.18. The maximum Gasteiger partial charge on any atom is 0.592 e. The fourth-order valence-electron chi connectivity index (χ4n) is 1.28. The molecule has 0 saturated heterocycles. The van der Waals surface area contributed by atoms with E-state index >= 15 is 0 Å². The van der Waals surface area contributed by atoms with Crippen LogP contribution in [0.5, 0.6) is 0 Å². The molecule has 0 N–H and O–H groups in total. The number of hydrogen-bond acceptors (Lipinski definition) is 4. The summed E-state index contributed by atoms with van der Waals surface area (Å²) >= 11 is 0. The fraction of sp³-hybridized carbons (Fsp3) is 0. The van der Waals surface area contributed by atoms with Crippen LogP contribution in [0.1, 0.15) is 10.4 Å². The maximum absolute atomic E-state index is 11.6. The maximum atomic E-state index is 11.6. The molecule has 0 aliphatic rings. The van der Waals surface area contributed by atoms with Crippen molar-refractivity contribution in [3.8, 4) is 0 Å². The largest absolute Gasteiger partial charge is 0.592 e. The summed E-state index contributed by atoms with van der Waals surface area (Å²) in [5.41, 5.74) is 0.342. The summed E-state index contributed by atoms with van der Waals surface area (Å²) in [6.07, 6.45) is 0. The van der Waals surface area contributed by atoms with Gasteiger partial charge in [-0.25, -0.2) is 9.68 Å². The zero-order valence-electron chi connectivity index (χ0n) is 9.35. The van der Waals surface area contributed by atoms with Gasteiger partial charge >= 0.3 is 14.0 Å². The summed E-state index contributed by atoms with van der Waals surface area (Å²) in [4.78, 5) is 16.0. The molecule has 0 aliphatic carbocycles. The van der Waals surface area contributed by atoms with Crippen LogP contribution in [0.4, 0.5) is 0 Å². The molecule has 0 saturated carbocycles. The third-order valence-corrected chi connectivity index (χ3v) is 3.09. The van der Waals surface area contributed by atoms with Crippen LogP contribution in [0.2, 0.25) is 0 Å². The summed E-state index contributed by atoms with van der Waals surface area (Å²) in [6, 6.07) is 16.9. The molecule has 1 unspecified atom stereocenters. The lowest BCUT2D eigenvalue weighted by Gasteiger charge is -1.95. The number of benzene rings is 2. The van der Waals surface area contributed by atoms with Gasteiger partial charge in [-0.15, -0.1) is 0 Å². The van der Waals surface area contributed by atoms with Crippen LogP contribution >= 0.6 is 8.03 Å². The van der Waals surface area contributed by atoms with Crippen LogP contribution in [0, 0.1) is 0 Å². The van der Waals surface area contributed by atoms with Gasteiger partial charge in [0.05, 0.1) is 10.2 Å². The summed E-state index contributed by atoms with van der Waals surface area (Å²) in [5.74, 6) is -0.671. The lowest BCUT2D eigenvalue weighted by atomic mass is 10.2. The van der Waals surface area contributed by atoms with Gasteiger partial charge in [-0.3, -0.25) is 0 Å². The van der Waals surface area contributed by atoms with Gasteiger partial charge in [-0.05, 0) is 28.8 Å². The van der Waals surface area contributed by atoms with Crippen molar-refractivity contribution in [2.75, 3.05) is 0 Å². The van der Waals surface area contributed by atoms with Crippen LogP contribution in [-0.4, -0.2) is 5.97 Å². The topological polar surface area (TPSA) is 52.6 Å². The highest BCUT2D eigenvalue weighted by molar-refractivity contribution is 7.48. The molecular weight excluding hydrogens is 251 g/mol. The molecule has 4 nitrogen and oxygen atoms in total. The van der Waals surface area contributed by atoms with Crippen molar-refractivity contribution in [2.24, 2.45) is 0 Å². The zero-order chi connectivity index (χ0) is 12.8. The Balaban J connectivity index is 1.93. The van der Waals surface area contributed by atoms with E-state index in [1.165, 1.54) is 0 Å². The van der Waals surface area contributed by atoms with E-state index in [0.717, 1.165) is 0 Å². The number of carbonyl (C=O) groups is 1. The third-order valence-electron chi connectivity index (χ3n) is 2.16. The summed E-state index contributed by atoms with van der Waals surface area (Å²) < 4.78 is 16.2. The average Bonchev–Trinajstić information content (AvgIpc) is 2.46. The zero-order valence-corrected chi connectivity index (χ0v) is 10.2. The molecule has 0 heterocycles. The molecule has 2 aromatic carbocycles. The first-order valence-corrected chi connectivity index (χ1v) is 6.41. The number of rotatable bonds is 4. The van der Waals surface area contributed by atoms with Crippen molar-refractivity contribution in [3.05, 3.63) is 66.2 Å². The van der Waals surface area contributed by atoms with Crippen molar-refractivity contribution in [3.63, 3.8) is 0 Å². The smallest absolute Gasteiger partial charge is 0.248 e. The highest BCUT2D eigenvalue weighted by atomic mass is 31.1. The van der Waals surface area contributed by atoms with E-state index < -0.39 is 14.0 Å². The predicted molar refractivity (Wildman–Crippen MR) is 66.6 cm³/mol. The second-order valence-electron chi connectivity index (χ2n) is 3.40.